The van der Waals surface area contributed by atoms with E-state index in [1.165, 1.54) is 17.4 Å². The molecule has 0 aliphatic rings. The number of amides is 1. The van der Waals surface area contributed by atoms with E-state index in [1.807, 2.05) is 48.5 Å². The minimum atomic E-state index is -0.268. The Kier molecular flexibility index (Phi) is 5.64. The van der Waals surface area contributed by atoms with Gasteiger partial charge in [0.1, 0.15) is 17.1 Å². The molecular weight excluding hydrogens is 408 g/mol. The summed E-state index contributed by atoms with van der Waals surface area (Å²) in [4.78, 5) is 17.5. The number of hydrogen-bond donors (Lipinski definition) is 1. The van der Waals surface area contributed by atoms with Gasteiger partial charge in [-0.15, -0.1) is 11.3 Å². The fraction of sp³-hybridized carbons (Fsp3) is 0.0909. The standard InChI is InChI=1S/C22H17ClN2O3S/c1-27-17-6-8-20-15(11-17)12-18(28-20)7-9-21(26)25-22-24-13-19(29-22)10-14-2-4-16(23)5-3-14/h2-9,11-13H,10H2,1H3,(H,24,25,26). The van der Waals surface area contributed by atoms with E-state index in [-0.39, 0.29) is 5.91 Å². The molecule has 4 aromatic rings. The second-order valence-corrected chi connectivity index (χ2v) is 7.86. The molecule has 0 bridgehead atoms. The first-order valence-electron chi connectivity index (χ1n) is 8.85. The third kappa shape index (κ3) is 4.85. The number of carbonyl (C=O) groups is 1. The Bertz CT molecular complexity index is 1180. The van der Waals surface area contributed by atoms with Crippen molar-refractivity contribution in [3.05, 3.63) is 82.0 Å². The minimum absolute atomic E-state index is 0.268. The first-order chi connectivity index (χ1) is 14.1. The van der Waals surface area contributed by atoms with Crippen molar-refractivity contribution in [2.75, 3.05) is 12.4 Å². The summed E-state index contributed by atoms with van der Waals surface area (Å²) in [6, 6.07) is 15.1. The van der Waals surface area contributed by atoms with Gasteiger partial charge < -0.3 is 9.15 Å². The fourth-order valence-corrected chi connectivity index (χ4v) is 3.78. The number of carbonyl (C=O) groups excluding carboxylic acids is 1. The van der Waals surface area contributed by atoms with E-state index in [2.05, 4.69) is 10.3 Å². The molecule has 2 heterocycles. The number of halogens is 1. The van der Waals surface area contributed by atoms with Crippen molar-refractivity contribution < 1.29 is 13.9 Å². The summed E-state index contributed by atoms with van der Waals surface area (Å²) in [5.74, 6) is 1.08. The number of rotatable bonds is 6. The molecule has 0 aliphatic heterocycles. The van der Waals surface area contributed by atoms with Gasteiger partial charge in [-0.05, 0) is 48.0 Å². The van der Waals surface area contributed by atoms with Crippen LogP contribution in [0.3, 0.4) is 0 Å². The van der Waals surface area contributed by atoms with Crippen LogP contribution in [0, 0.1) is 0 Å². The van der Waals surface area contributed by atoms with Gasteiger partial charge in [0, 0.05) is 34.0 Å². The number of ether oxygens (including phenoxy) is 1. The molecule has 0 aliphatic carbocycles. The number of nitrogens with one attached hydrogen (secondary N) is 1. The molecule has 0 unspecified atom stereocenters. The number of benzene rings is 2. The van der Waals surface area contributed by atoms with Crippen molar-refractivity contribution in [1.82, 2.24) is 4.98 Å². The van der Waals surface area contributed by atoms with Crippen molar-refractivity contribution in [3.63, 3.8) is 0 Å². The summed E-state index contributed by atoms with van der Waals surface area (Å²) in [6.45, 7) is 0. The zero-order chi connectivity index (χ0) is 20.2. The number of anilines is 1. The molecule has 0 spiro atoms. The molecule has 4 rings (SSSR count). The zero-order valence-corrected chi connectivity index (χ0v) is 17.1. The largest absolute Gasteiger partial charge is 0.497 e. The molecule has 0 fully saturated rings. The van der Waals surface area contributed by atoms with Gasteiger partial charge in [0.05, 0.1) is 7.11 Å². The van der Waals surface area contributed by atoms with Crippen LogP contribution in [0.4, 0.5) is 5.13 Å². The third-order valence-electron chi connectivity index (χ3n) is 4.22. The topological polar surface area (TPSA) is 64.4 Å². The first kappa shape index (κ1) is 19.2. The predicted molar refractivity (Wildman–Crippen MR) is 117 cm³/mol. The van der Waals surface area contributed by atoms with Gasteiger partial charge in [-0.1, -0.05) is 23.7 Å². The lowest BCUT2D eigenvalue weighted by atomic mass is 10.1. The molecule has 0 saturated heterocycles. The molecule has 0 saturated carbocycles. The van der Waals surface area contributed by atoms with Crippen LogP contribution in [0.15, 0.2) is 65.2 Å². The Morgan fingerprint density at radius 2 is 2.07 bits per heavy atom. The van der Waals surface area contributed by atoms with Gasteiger partial charge >= 0.3 is 0 Å². The Labute approximate surface area is 176 Å². The predicted octanol–water partition coefficient (Wildman–Crippen LogP) is 5.79. The number of thiazole rings is 1. The van der Waals surface area contributed by atoms with Crippen molar-refractivity contribution >= 4 is 51.0 Å². The monoisotopic (exact) mass is 424 g/mol. The van der Waals surface area contributed by atoms with Crippen LogP contribution < -0.4 is 10.1 Å². The first-order valence-corrected chi connectivity index (χ1v) is 10.0. The van der Waals surface area contributed by atoms with Crippen LogP contribution >= 0.6 is 22.9 Å². The lowest BCUT2D eigenvalue weighted by molar-refractivity contribution is -0.111. The van der Waals surface area contributed by atoms with Crippen molar-refractivity contribution in [1.29, 1.82) is 0 Å². The third-order valence-corrected chi connectivity index (χ3v) is 5.38. The number of hydrogen-bond acceptors (Lipinski definition) is 5. The van der Waals surface area contributed by atoms with Crippen molar-refractivity contribution in [3.8, 4) is 5.75 Å². The molecule has 1 N–H and O–H groups in total. The van der Waals surface area contributed by atoms with Crippen LogP contribution in [0.2, 0.25) is 5.02 Å². The highest BCUT2D eigenvalue weighted by Crippen LogP contribution is 2.25. The average molecular weight is 425 g/mol. The molecule has 7 heteroatoms. The van der Waals surface area contributed by atoms with Gasteiger partial charge in [0.2, 0.25) is 5.91 Å². The van der Waals surface area contributed by atoms with Crippen LogP contribution in [-0.2, 0) is 11.2 Å². The molecule has 0 atom stereocenters. The molecule has 2 aromatic carbocycles. The number of fused-ring (bicyclic) bond motifs is 1. The number of furan rings is 1. The quantitative estimate of drug-likeness (QED) is 0.397. The highest BCUT2D eigenvalue weighted by atomic mass is 35.5. The van der Waals surface area contributed by atoms with Gasteiger partial charge in [0.25, 0.3) is 0 Å². The number of aromatic nitrogens is 1. The van der Waals surface area contributed by atoms with Gasteiger partial charge in [-0.25, -0.2) is 4.98 Å². The lowest BCUT2D eigenvalue weighted by Gasteiger charge is -1.98. The van der Waals surface area contributed by atoms with Gasteiger partial charge in [0.15, 0.2) is 5.13 Å². The van der Waals surface area contributed by atoms with E-state index in [4.69, 9.17) is 20.8 Å². The van der Waals surface area contributed by atoms with E-state index in [0.717, 1.165) is 33.6 Å². The molecule has 146 valence electrons. The molecule has 0 radical (unpaired) electrons. The number of methoxy groups -OCH3 is 1. The Morgan fingerprint density at radius 3 is 2.86 bits per heavy atom. The summed E-state index contributed by atoms with van der Waals surface area (Å²) in [5.41, 5.74) is 1.87. The van der Waals surface area contributed by atoms with Crippen LogP contribution in [0.25, 0.3) is 17.0 Å². The average Bonchev–Trinajstić information content (AvgIpc) is 3.33. The maximum atomic E-state index is 12.2. The van der Waals surface area contributed by atoms with Crippen LogP contribution in [0.5, 0.6) is 5.75 Å². The van der Waals surface area contributed by atoms with E-state index < -0.39 is 0 Å². The molecular formula is C22H17ClN2O3S. The molecule has 5 nitrogen and oxygen atoms in total. The Morgan fingerprint density at radius 1 is 1.24 bits per heavy atom. The highest BCUT2D eigenvalue weighted by molar-refractivity contribution is 7.15. The van der Waals surface area contributed by atoms with Crippen LogP contribution in [-0.4, -0.2) is 18.0 Å². The van der Waals surface area contributed by atoms with E-state index in [9.17, 15) is 4.79 Å². The fourth-order valence-electron chi connectivity index (χ4n) is 2.81. The van der Waals surface area contributed by atoms with E-state index >= 15 is 0 Å². The van der Waals surface area contributed by atoms with E-state index in [0.29, 0.717) is 15.9 Å². The summed E-state index contributed by atoms with van der Waals surface area (Å²) in [6.07, 6.45) is 5.56. The smallest absolute Gasteiger partial charge is 0.250 e. The summed E-state index contributed by atoms with van der Waals surface area (Å²) >= 11 is 7.35. The molecule has 1 amide bonds. The zero-order valence-electron chi connectivity index (χ0n) is 15.5. The maximum Gasteiger partial charge on any atom is 0.250 e. The second-order valence-electron chi connectivity index (χ2n) is 6.31. The summed E-state index contributed by atoms with van der Waals surface area (Å²) < 4.78 is 10.9. The Balaban J connectivity index is 1.38. The highest BCUT2D eigenvalue weighted by Gasteiger charge is 2.07. The van der Waals surface area contributed by atoms with E-state index in [1.54, 1.807) is 19.4 Å². The summed E-state index contributed by atoms with van der Waals surface area (Å²) in [7, 11) is 1.62. The lowest BCUT2D eigenvalue weighted by Crippen LogP contribution is -2.06. The van der Waals surface area contributed by atoms with Crippen LogP contribution in [0.1, 0.15) is 16.2 Å². The maximum absolute atomic E-state index is 12.2. The summed E-state index contributed by atoms with van der Waals surface area (Å²) in [5, 5.41) is 4.95. The van der Waals surface area contributed by atoms with Gasteiger partial charge in [-0.2, -0.15) is 0 Å². The van der Waals surface area contributed by atoms with Gasteiger partial charge in [-0.3, -0.25) is 10.1 Å². The minimum Gasteiger partial charge on any atom is -0.497 e. The normalized spacial score (nSPS) is 11.2. The SMILES string of the molecule is COc1ccc2oc(C=CC(=O)Nc3ncc(Cc4ccc(Cl)cc4)s3)cc2c1. The second kappa shape index (κ2) is 8.51. The van der Waals surface area contributed by atoms with Crippen molar-refractivity contribution in [2.24, 2.45) is 0 Å². The molecule has 29 heavy (non-hydrogen) atoms. The number of nitrogens with zero attached hydrogens (tertiary/aromatic N) is 1. The Hall–Kier alpha value is -3.09. The molecule has 2 aromatic heterocycles. The van der Waals surface area contributed by atoms with Crippen molar-refractivity contribution in [2.45, 2.75) is 6.42 Å².